The van der Waals surface area contributed by atoms with Crippen molar-refractivity contribution in [2.24, 2.45) is 5.73 Å². The van der Waals surface area contributed by atoms with E-state index in [1.54, 1.807) is 6.33 Å². The van der Waals surface area contributed by atoms with Gasteiger partial charge in [0, 0.05) is 6.54 Å². The van der Waals surface area contributed by atoms with Crippen molar-refractivity contribution in [3.8, 4) is 5.75 Å². The molecule has 1 aromatic heterocycles. The van der Waals surface area contributed by atoms with Crippen LogP contribution in [0.5, 0.6) is 5.75 Å². The lowest BCUT2D eigenvalue weighted by Gasteiger charge is -2.08. The highest BCUT2D eigenvalue weighted by atomic mass is 16.5. The number of aryl methyl sites for hydroxylation is 1. The molecule has 0 aliphatic rings. The standard InChI is InChI=1S/C14H20N4O/c1-2-8-18-14(16-11-17-18)10-19-13-5-3-4-12(9-13)6-7-15/h3-5,9,11H,2,6-8,10,15H2,1H3. The van der Waals surface area contributed by atoms with Crippen LogP contribution in [0.4, 0.5) is 0 Å². The molecule has 0 aliphatic heterocycles. The number of rotatable bonds is 7. The molecule has 0 saturated carbocycles. The van der Waals surface area contributed by atoms with Gasteiger partial charge in [0.25, 0.3) is 0 Å². The number of nitrogens with zero attached hydrogens (tertiary/aromatic N) is 3. The molecule has 0 atom stereocenters. The van der Waals surface area contributed by atoms with Crippen molar-refractivity contribution in [1.29, 1.82) is 0 Å². The van der Waals surface area contributed by atoms with E-state index in [1.165, 1.54) is 5.56 Å². The van der Waals surface area contributed by atoms with Crippen LogP contribution in [0, 0.1) is 0 Å². The third-order valence-corrected chi connectivity index (χ3v) is 2.83. The van der Waals surface area contributed by atoms with Crippen LogP contribution in [0.2, 0.25) is 0 Å². The molecule has 1 heterocycles. The number of benzene rings is 1. The highest BCUT2D eigenvalue weighted by Crippen LogP contribution is 2.15. The molecule has 2 N–H and O–H groups in total. The summed E-state index contributed by atoms with van der Waals surface area (Å²) in [6, 6.07) is 8.00. The van der Waals surface area contributed by atoms with Crippen molar-refractivity contribution >= 4 is 0 Å². The molecule has 0 unspecified atom stereocenters. The van der Waals surface area contributed by atoms with Crippen LogP contribution in [0.15, 0.2) is 30.6 Å². The van der Waals surface area contributed by atoms with Crippen LogP contribution in [0.1, 0.15) is 24.7 Å². The summed E-state index contributed by atoms with van der Waals surface area (Å²) < 4.78 is 7.64. The molecule has 0 aliphatic carbocycles. The van der Waals surface area contributed by atoms with E-state index in [9.17, 15) is 0 Å². The zero-order valence-electron chi connectivity index (χ0n) is 11.2. The van der Waals surface area contributed by atoms with E-state index in [0.717, 1.165) is 31.0 Å². The van der Waals surface area contributed by atoms with Crippen LogP contribution in [-0.2, 0) is 19.6 Å². The van der Waals surface area contributed by atoms with Crippen molar-refractivity contribution in [3.63, 3.8) is 0 Å². The van der Waals surface area contributed by atoms with E-state index in [0.29, 0.717) is 13.2 Å². The van der Waals surface area contributed by atoms with Crippen LogP contribution in [0.25, 0.3) is 0 Å². The maximum Gasteiger partial charge on any atom is 0.164 e. The Kier molecular flexibility index (Phi) is 4.92. The predicted octanol–water partition coefficient (Wildman–Crippen LogP) is 1.77. The molecular formula is C14H20N4O. The average molecular weight is 260 g/mol. The van der Waals surface area contributed by atoms with Gasteiger partial charge in [0.15, 0.2) is 5.82 Å². The Morgan fingerprint density at radius 2 is 2.26 bits per heavy atom. The van der Waals surface area contributed by atoms with E-state index in [1.807, 2.05) is 22.9 Å². The largest absolute Gasteiger partial charge is 0.486 e. The highest BCUT2D eigenvalue weighted by Gasteiger charge is 2.04. The quantitative estimate of drug-likeness (QED) is 0.824. The molecule has 19 heavy (non-hydrogen) atoms. The van der Waals surface area contributed by atoms with Gasteiger partial charge in [-0.05, 0) is 37.1 Å². The minimum atomic E-state index is 0.437. The normalized spacial score (nSPS) is 10.6. The topological polar surface area (TPSA) is 66.0 Å². The number of hydrogen-bond acceptors (Lipinski definition) is 4. The maximum absolute atomic E-state index is 5.76. The molecule has 1 aromatic carbocycles. The fourth-order valence-corrected chi connectivity index (χ4v) is 1.90. The minimum Gasteiger partial charge on any atom is -0.486 e. The smallest absolute Gasteiger partial charge is 0.164 e. The molecule has 0 radical (unpaired) electrons. The summed E-state index contributed by atoms with van der Waals surface area (Å²) in [5.74, 6) is 1.70. The Balaban J connectivity index is 1.97. The van der Waals surface area contributed by atoms with E-state index in [-0.39, 0.29) is 0 Å². The van der Waals surface area contributed by atoms with Crippen molar-refractivity contribution in [2.75, 3.05) is 6.54 Å². The monoisotopic (exact) mass is 260 g/mol. The van der Waals surface area contributed by atoms with Crippen molar-refractivity contribution in [1.82, 2.24) is 14.8 Å². The van der Waals surface area contributed by atoms with Gasteiger partial charge in [-0.2, -0.15) is 5.10 Å². The average Bonchev–Trinajstić information content (AvgIpc) is 2.85. The summed E-state index contributed by atoms with van der Waals surface area (Å²) in [4.78, 5) is 4.22. The van der Waals surface area contributed by atoms with Crippen molar-refractivity contribution < 1.29 is 4.74 Å². The fourth-order valence-electron chi connectivity index (χ4n) is 1.90. The van der Waals surface area contributed by atoms with Gasteiger partial charge in [0.05, 0.1) is 0 Å². The molecule has 5 nitrogen and oxygen atoms in total. The first kappa shape index (κ1) is 13.5. The molecule has 2 aromatic rings. The lowest BCUT2D eigenvalue weighted by atomic mass is 10.1. The maximum atomic E-state index is 5.76. The second-order valence-electron chi connectivity index (χ2n) is 4.37. The molecule has 0 fully saturated rings. The van der Waals surface area contributed by atoms with E-state index < -0.39 is 0 Å². The SMILES string of the molecule is CCCn1ncnc1COc1cccc(CCN)c1. The first-order valence-electron chi connectivity index (χ1n) is 6.62. The van der Waals surface area contributed by atoms with Gasteiger partial charge in [-0.3, -0.25) is 0 Å². The van der Waals surface area contributed by atoms with E-state index in [2.05, 4.69) is 23.1 Å². The predicted molar refractivity (Wildman–Crippen MR) is 73.8 cm³/mol. The summed E-state index contributed by atoms with van der Waals surface area (Å²) in [6.45, 7) is 4.06. The molecule has 0 saturated heterocycles. The summed E-state index contributed by atoms with van der Waals surface area (Å²) in [7, 11) is 0. The second kappa shape index (κ2) is 6.89. The fraction of sp³-hybridized carbons (Fsp3) is 0.429. The van der Waals surface area contributed by atoms with Gasteiger partial charge in [-0.15, -0.1) is 0 Å². The van der Waals surface area contributed by atoms with Crippen LogP contribution in [-0.4, -0.2) is 21.3 Å². The number of aromatic nitrogens is 3. The Bertz CT molecular complexity index is 510. The Morgan fingerprint density at radius 1 is 1.37 bits per heavy atom. The lowest BCUT2D eigenvalue weighted by molar-refractivity contribution is 0.286. The van der Waals surface area contributed by atoms with Crippen molar-refractivity contribution in [2.45, 2.75) is 32.9 Å². The minimum absolute atomic E-state index is 0.437. The van der Waals surface area contributed by atoms with Gasteiger partial charge < -0.3 is 10.5 Å². The molecule has 0 bridgehead atoms. The van der Waals surface area contributed by atoms with Gasteiger partial charge in [-0.25, -0.2) is 9.67 Å². The van der Waals surface area contributed by atoms with E-state index >= 15 is 0 Å². The molecule has 5 heteroatoms. The first-order valence-corrected chi connectivity index (χ1v) is 6.62. The zero-order valence-corrected chi connectivity index (χ0v) is 11.2. The Morgan fingerprint density at radius 3 is 3.05 bits per heavy atom. The van der Waals surface area contributed by atoms with Crippen LogP contribution in [0.3, 0.4) is 0 Å². The number of hydrogen-bond donors (Lipinski definition) is 1. The number of ether oxygens (including phenoxy) is 1. The summed E-state index contributed by atoms with van der Waals surface area (Å²) in [6.07, 6.45) is 3.46. The number of nitrogens with two attached hydrogens (primary N) is 1. The summed E-state index contributed by atoms with van der Waals surface area (Å²) in [5, 5.41) is 4.17. The molecule has 2 rings (SSSR count). The van der Waals surface area contributed by atoms with Gasteiger partial charge in [-0.1, -0.05) is 19.1 Å². The molecule has 102 valence electrons. The van der Waals surface area contributed by atoms with Crippen LogP contribution < -0.4 is 10.5 Å². The highest BCUT2D eigenvalue weighted by molar-refractivity contribution is 5.28. The molecule has 0 spiro atoms. The molecular weight excluding hydrogens is 240 g/mol. The summed E-state index contributed by atoms with van der Waals surface area (Å²) in [5.41, 5.74) is 6.74. The zero-order chi connectivity index (χ0) is 13.5. The van der Waals surface area contributed by atoms with Crippen LogP contribution >= 0.6 is 0 Å². The first-order chi connectivity index (χ1) is 9.33. The third-order valence-electron chi connectivity index (χ3n) is 2.83. The van der Waals surface area contributed by atoms with E-state index in [4.69, 9.17) is 10.5 Å². The van der Waals surface area contributed by atoms with Crippen molar-refractivity contribution in [3.05, 3.63) is 42.0 Å². The molecule has 0 amide bonds. The Hall–Kier alpha value is -1.88. The lowest BCUT2D eigenvalue weighted by Crippen LogP contribution is -2.08. The third kappa shape index (κ3) is 3.79. The second-order valence-corrected chi connectivity index (χ2v) is 4.37. The van der Waals surface area contributed by atoms with Gasteiger partial charge in [0.1, 0.15) is 18.7 Å². The Labute approximate surface area is 113 Å². The van der Waals surface area contributed by atoms with Gasteiger partial charge in [0.2, 0.25) is 0 Å². The summed E-state index contributed by atoms with van der Waals surface area (Å²) >= 11 is 0. The van der Waals surface area contributed by atoms with Gasteiger partial charge >= 0.3 is 0 Å².